The van der Waals surface area contributed by atoms with E-state index in [1.807, 2.05) is 13.1 Å². The third kappa shape index (κ3) is 3.46. The zero-order valence-electron chi connectivity index (χ0n) is 14.7. The normalized spacial score (nSPS) is 14.6. The van der Waals surface area contributed by atoms with Crippen LogP contribution in [0.2, 0.25) is 0 Å². The average molecular weight is 433 g/mol. The van der Waals surface area contributed by atoms with E-state index >= 15 is 0 Å². The fraction of sp³-hybridized carbons (Fsp3) is 0.278. The lowest BCUT2D eigenvalue weighted by Gasteiger charge is -2.35. The van der Waals surface area contributed by atoms with Gasteiger partial charge in [0, 0.05) is 38.1 Å². The molecule has 0 saturated carbocycles. The van der Waals surface area contributed by atoms with Gasteiger partial charge in [0.25, 0.3) is 0 Å². The minimum absolute atomic E-state index is 0.196. The number of amides is 2. The Bertz CT molecular complexity index is 999. The molecule has 4 rings (SSSR count). The van der Waals surface area contributed by atoms with Crippen LogP contribution >= 0.6 is 15.9 Å². The van der Waals surface area contributed by atoms with Gasteiger partial charge in [0.05, 0.1) is 9.86 Å². The van der Waals surface area contributed by atoms with E-state index in [1.54, 1.807) is 23.4 Å². The number of halogens is 2. The zero-order valence-corrected chi connectivity index (χ0v) is 16.3. The van der Waals surface area contributed by atoms with Gasteiger partial charge in [-0.1, -0.05) is 0 Å². The number of fused-ring (bicyclic) bond motifs is 1. The molecular formula is C18H18BrFN6O. The maximum absolute atomic E-state index is 13.3. The molecule has 0 aliphatic carbocycles. The number of nitrogens with zero attached hydrogens (tertiary/aromatic N) is 4. The molecule has 1 saturated heterocycles. The highest BCUT2D eigenvalue weighted by molar-refractivity contribution is 9.10. The Kier molecular flexibility index (Phi) is 4.69. The zero-order chi connectivity index (χ0) is 19.0. The summed E-state index contributed by atoms with van der Waals surface area (Å²) in [4.78, 5) is 28.3. The molecule has 0 atom stereocenters. The summed E-state index contributed by atoms with van der Waals surface area (Å²) >= 11 is 3.13. The Morgan fingerprint density at radius 2 is 2.04 bits per heavy atom. The summed E-state index contributed by atoms with van der Waals surface area (Å²) in [7, 11) is 0. The van der Waals surface area contributed by atoms with Crippen LogP contribution in [0.3, 0.4) is 0 Å². The Morgan fingerprint density at radius 3 is 2.78 bits per heavy atom. The lowest BCUT2D eigenvalue weighted by atomic mass is 10.2. The predicted octanol–water partition coefficient (Wildman–Crippen LogP) is 3.52. The standard InChI is InChI=1S/C18H18BrFN6O/c1-11-9-21-16-15(11)17(23-10-22-16)25-4-6-26(7-5-25)18(27)24-12-2-3-14(20)13(19)8-12/h2-3,8-10H,4-7H2,1H3,(H,24,27)(H,21,22,23). The molecule has 7 nitrogen and oxygen atoms in total. The van der Waals surface area contributed by atoms with Crippen molar-refractivity contribution in [2.75, 3.05) is 36.4 Å². The van der Waals surface area contributed by atoms with E-state index in [2.05, 4.69) is 41.1 Å². The quantitative estimate of drug-likeness (QED) is 0.649. The Labute approximate surface area is 163 Å². The Balaban J connectivity index is 1.43. The van der Waals surface area contributed by atoms with Gasteiger partial charge in [0.2, 0.25) is 0 Å². The smallest absolute Gasteiger partial charge is 0.321 e. The number of rotatable bonds is 2. The van der Waals surface area contributed by atoms with Crippen molar-refractivity contribution in [1.82, 2.24) is 19.9 Å². The molecule has 2 N–H and O–H groups in total. The van der Waals surface area contributed by atoms with Crippen molar-refractivity contribution >= 4 is 44.5 Å². The second-order valence-electron chi connectivity index (χ2n) is 6.43. The molecule has 2 aromatic heterocycles. The first kappa shape index (κ1) is 17.7. The van der Waals surface area contributed by atoms with Gasteiger partial charge in [-0.15, -0.1) is 0 Å². The number of aromatic amines is 1. The van der Waals surface area contributed by atoms with E-state index in [9.17, 15) is 9.18 Å². The van der Waals surface area contributed by atoms with Crippen LogP contribution in [0, 0.1) is 12.7 Å². The summed E-state index contributed by atoms with van der Waals surface area (Å²) in [5.41, 5.74) is 2.47. The summed E-state index contributed by atoms with van der Waals surface area (Å²) in [5, 5.41) is 3.83. The highest BCUT2D eigenvalue weighted by atomic mass is 79.9. The van der Waals surface area contributed by atoms with E-state index < -0.39 is 0 Å². The number of anilines is 2. The fourth-order valence-electron chi connectivity index (χ4n) is 3.24. The number of H-pyrrole nitrogens is 1. The van der Waals surface area contributed by atoms with E-state index in [0.717, 1.165) is 22.4 Å². The van der Waals surface area contributed by atoms with Crippen LogP contribution in [0.4, 0.5) is 20.7 Å². The highest BCUT2D eigenvalue weighted by Gasteiger charge is 2.24. The van der Waals surface area contributed by atoms with Gasteiger partial charge in [-0.05, 0) is 46.6 Å². The van der Waals surface area contributed by atoms with Crippen molar-refractivity contribution in [3.63, 3.8) is 0 Å². The van der Waals surface area contributed by atoms with Crippen LogP contribution in [-0.2, 0) is 0 Å². The number of carbonyl (C=O) groups is 1. The molecule has 1 aliphatic heterocycles. The number of piperazine rings is 1. The summed E-state index contributed by atoms with van der Waals surface area (Å²) in [6.07, 6.45) is 3.48. The maximum Gasteiger partial charge on any atom is 0.321 e. The third-order valence-corrected chi connectivity index (χ3v) is 5.29. The maximum atomic E-state index is 13.3. The number of hydrogen-bond donors (Lipinski definition) is 2. The summed E-state index contributed by atoms with van der Waals surface area (Å²) in [6.45, 7) is 4.52. The largest absolute Gasteiger partial charge is 0.352 e. The molecule has 0 spiro atoms. The first-order valence-electron chi connectivity index (χ1n) is 8.57. The van der Waals surface area contributed by atoms with Crippen molar-refractivity contribution in [3.05, 3.63) is 46.6 Å². The minimum atomic E-state index is -0.363. The van der Waals surface area contributed by atoms with Gasteiger partial charge >= 0.3 is 6.03 Å². The molecule has 0 bridgehead atoms. The average Bonchev–Trinajstić information content (AvgIpc) is 3.06. The van der Waals surface area contributed by atoms with E-state index in [4.69, 9.17) is 0 Å². The SMILES string of the molecule is Cc1c[nH]c2ncnc(N3CCN(C(=O)Nc4ccc(F)c(Br)c4)CC3)c12. The molecule has 3 heterocycles. The molecule has 9 heteroatoms. The van der Waals surface area contributed by atoms with Crippen LogP contribution in [0.25, 0.3) is 11.0 Å². The number of aryl methyl sites for hydroxylation is 1. The molecule has 140 valence electrons. The van der Waals surface area contributed by atoms with E-state index in [0.29, 0.717) is 36.3 Å². The van der Waals surface area contributed by atoms with Crippen LogP contribution in [0.15, 0.2) is 35.2 Å². The Morgan fingerprint density at radius 1 is 1.26 bits per heavy atom. The van der Waals surface area contributed by atoms with Gasteiger partial charge in [0.15, 0.2) is 0 Å². The molecule has 0 radical (unpaired) electrons. The van der Waals surface area contributed by atoms with Crippen LogP contribution in [0.5, 0.6) is 0 Å². The summed E-state index contributed by atoms with van der Waals surface area (Å²) in [6, 6.07) is 4.21. The van der Waals surface area contributed by atoms with Crippen molar-refractivity contribution in [2.24, 2.45) is 0 Å². The molecule has 1 aromatic carbocycles. The van der Waals surface area contributed by atoms with Crippen molar-refractivity contribution in [3.8, 4) is 0 Å². The number of carbonyl (C=O) groups excluding carboxylic acids is 1. The van der Waals surface area contributed by atoms with E-state index in [1.165, 1.54) is 6.07 Å². The lowest BCUT2D eigenvalue weighted by Crippen LogP contribution is -2.50. The summed E-state index contributed by atoms with van der Waals surface area (Å²) < 4.78 is 13.6. The lowest BCUT2D eigenvalue weighted by molar-refractivity contribution is 0.208. The monoisotopic (exact) mass is 432 g/mol. The molecule has 0 unspecified atom stereocenters. The first-order valence-corrected chi connectivity index (χ1v) is 9.37. The topological polar surface area (TPSA) is 77.2 Å². The minimum Gasteiger partial charge on any atom is -0.352 e. The third-order valence-electron chi connectivity index (χ3n) is 4.68. The number of benzene rings is 1. The number of nitrogens with one attached hydrogen (secondary N) is 2. The van der Waals surface area contributed by atoms with Gasteiger partial charge in [0.1, 0.15) is 23.6 Å². The molecule has 1 aliphatic rings. The first-order chi connectivity index (χ1) is 13.0. The van der Waals surface area contributed by atoms with Gasteiger partial charge in [-0.3, -0.25) is 0 Å². The molecule has 3 aromatic rings. The molecule has 1 fully saturated rings. The predicted molar refractivity (Wildman–Crippen MR) is 106 cm³/mol. The van der Waals surface area contributed by atoms with Crippen LogP contribution in [-0.4, -0.2) is 52.1 Å². The number of aromatic nitrogens is 3. The number of hydrogen-bond acceptors (Lipinski definition) is 4. The van der Waals surface area contributed by atoms with Crippen molar-refractivity contribution in [2.45, 2.75) is 6.92 Å². The highest BCUT2D eigenvalue weighted by Crippen LogP contribution is 2.26. The van der Waals surface area contributed by atoms with E-state index in [-0.39, 0.29) is 11.8 Å². The second-order valence-corrected chi connectivity index (χ2v) is 7.28. The van der Waals surface area contributed by atoms with Gasteiger partial charge in [-0.25, -0.2) is 19.2 Å². The van der Waals surface area contributed by atoms with Crippen LogP contribution < -0.4 is 10.2 Å². The van der Waals surface area contributed by atoms with Gasteiger partial charge in [-0.2, -0.15) is 0 Å². The van der Waals surface area contributed by atoms with Crippen molar-refractivity contribution in [1.29, 1.82) is 0 Å². The van der Waals surface area contributed by atoms with Crippen LogP contribution in [0.1, 0.15) is 5.56 Å². The van der Waals surface area contributed by atoms with Gasteiger partial charge < -0.3 is 20.1 Å². The second kappa shape index (κ2) is 7.15. The molecule has 2 amide bonds. The number of urea groups is 1. The fourth-order valence-corrected chi connectivity index (χ4v) is 3.61. The molecule has 27 heavy (non-hydrogen) atoms. The van der Waals surface area contributed by atoms with Crippen molar-refractivity contribution < 1.29 is 9.18 Å². The summed E-state index contributed by atoms with van der Waals surface area (Å²) in [5.74, 6) is 0.527. The Hall–Kier alpha value is -2.68. The molecular weight excluding hydrogens is 415 g/mol.